The van der Waals surface area contributed by atoms with Gasteiger partial charge in [0, 0.05) is 38.4 Å². The first-order chi connectivity index (χ1) is 29.4. The van der Waals surface area contributed by atoms with Crippen molar-refractivity contribution in [2.75, 3.05) is 0 Å². The molecule has 0 unspecified atom stereocenters. The fraction of sp³-hybridized carbons (Fsp3) is 0. The van der Waals surface area contributed by atoms with E-state index in [2.05, 4.69) is 59.2 Å². The molecule has 8 aromatic carbocycles. The second-order valence-corrected chi connectivity index (χ2v) is 13.8. The van der Waals surface area contributed by atoms with Gasteiger partial charge in [0.05, 0.1) is 27.5 Å². The predicted octanol–water partition coefficient (Wildman–Crippen LogP) is 12.7. The first kappa shape index (κ1) is 27.9. The van der Waals surface area contributed by atoms with Crippen LogP contribution in [-0.2, 0) is 0 Å². The van der Waals surface area contributed by atoms with Crippen molar-refractivity contribution < 1.29 is 5.48 Å². The summed E-state index contributed by atoms with van der Waals surface area (Å²) in [5, 5.41) is 3.09. The van der Waals surface area contributed by atoms with E-state index in [0.717, 1.165) is 66.3 Å². The van der Waals surface area contributed by atoms with Crippen LogP contribution in [0.25, 0.3) is 100 Å². The lowest BCUT2D eigenvalue weighted by atomic mass is 9.98. The van der Waals surface area contributed by atoms with E-state index in [0.29, 0.717) is 34.0 Å². The zero-order chi connectivity index (χ0) is 40.5. The van der Waals surface area contributed by atoms with Gasteiger partial charge in [0.15, 0.2) is 11.6 Å². The molecule has 5 heteroatoms. The molecule has 0 atom stereocenters. The van der Waals surface area contributed by atoms with Crippen LogP contribution in [0, 0.1) is 0 Å². The van der Waals surface area contributed by atoms with E-state index in [9.17, 15) is 2.74 Å². The van der Waals surface area contributed by atoms with E-state index in [4.69, 9.17) is 17.7 Å². The minimum Gasteiger partial charge on any atom is -0.309 e. The van der Waals surface area contributed by atoms with Crippen molar-refractivity contribution in [3.8, 4) is 56.7 Å². The van der Waals surface area contributed by atoms with E-state index < -0.39 is 0 Å². The van der Waals surface area contributed by atoms with Crippen LogP contribution in [0.5, 0.6) is 0 Å². The Kier molecular flexibility index (Phi) is 6.50. The number of benzene rings is 8. The minimum atomic E-state index is 0.166. The second-order valence-electron chi connectivity index (χ2n) is 13.8. The molecule has 0 aliphatic heterocycles. The summed E-state index contributed by atoms with van der Waals surface area (Å²) in [7, 11) is 0. The Balaban J connectivity index is 1.26. The first-order valence-corrected chi connectivity index (χ1v) is 18.5. The Hall–Kier alpha value is -7.63. The molecule has 0 aliphatic carbocycles. The number of aromatic nitrogens is 5. The largest absolute Gasteiger partial charge is 0.309 e. The maximum atomic E-state index is 9.36. The SMILES string of the molecule is [2H]c1cc([2H])c2c(c1)c1cc3c(cc1n2-c1cc(-c2ccccc2)cc(-c2ccccc2)c1)c1cc([2H])cc([2H])c1n3-c1nc(-c2ccccc2)nc(-c2ccccc2)n1. The van der Waals surface area contributed by atoms with Gasteiger partial charge in [-0.05, 0) is 64.7 Å². The summed E-state index contributed by atoms with van der Waals surface area (Å²) in [5.74, 6) is 1.31. The van der Waals surface area contributed by atoms with Gasteiger partial charge >= 0.3 is 0 Å². The highest BCUT2D eigenvalue weighted by Gasteiger charge is 2.21. The van der Waals surface area contributed by atoms with Crippen molar-refractivity contribution in [2.24, 2.45) is 0 Å². The van der Waals surface area contributed by atoms with Crippen LogP contribution in [0.1, 0.15) is 5.48 Å². The van der Waals surface area contributed by atoms with Crippen molar-refractivity contribution in [3.63, 3.8) is 0 Å². The topological polar surface area (TPSA) is 48.5 Å². The molecular formula is C51H33N5. The molecule has 0 fully saturated rings. The smallest absolute Gasteiger partial charge is 0.238 e. The lowest BCUT2D eigenvalue weighted by molar-refractivity contribution is 0.954. The van der Waals surface area contributed by atoms with Gasteiger partial charge in [0.1, 0.15) is 0 Å². The molecule has 0 radical (unpaired) electrons. The summed E-state index contributed by atoms with van der Waals surface area (Å²) in [6.45, 7) is 0. The van der Waals surface area contributed by atoms with Crippen LogP contribution >= 0.6 is 0 Å². The Bertz CT molecular complexity index is 3110. The van der Waals surface area contributed by atoms with Crippen molar-refractivity contribution in [3.05, 3.63) is 200 Å². The van der Waals surface area contributed by atoms with Gasteiger partial charge in [-0.3, -0.25) is 4.57 Å². The zero-order valence-corrected chi connectivity index (χ0v) is 30.0. The number of para-hydroxylation sites is 2. The zero-order valence-electron chi connectivity index (χ0n) is 34.0. The molecule has 11 rings (SSSR count). The molecule has 3 aromatic heterocycles. The van der Waals surface area contributed by atoms with Crippen LogP contribution in [-0.4, -0.2) is 24.1 Å². The lowest BCUT2D eigenvalue weighted by Crippen LogP contribution is -2.06. The molecule has 11 aromatic rings. The van der Waals surface area contributed by atoms with Crippen molar-refractivity contribution in [1.29, 1.82) is 0 Å². The van der Waals surface area contributed by atoms with Crippen LogP contribution in [0.4, 0.5) is 0 Å². The molecule has 56 heavy (non-hydrogen) atoms. The highest BCUT2D eigenvalue weighted by Crippen LogP contribution is 2.41. The maximum absolute atomic E-state index is 9.36. The quantitative estimate of drug-likeness (QED) is 0.172. The molecule has 5 nitrogen and oxygen atoms in total. The van der Waals surface area contributed by atoms with Gasteiger partial charge in [-0.15, -0.1) is 0 Å². The summed E-state index contributed by atoms with van der Waals surface area (Å²) in [6.07, 6.45) is 0. The average Bonchev–Trinajstić information content (AvgIpc) is 3.78. The highest BCUT2D eigenvalue weighted by atomic mass is 15.2. The van der Waals surface area contributed by atoms with Crippen molar-refractivity contribution >= 4 is 43.6 Å². The molecule has 0 N–H and O–H groups in total. The maximum Gasteiger partial charge on any atom is 0.238 e. The molecule has 3 heterocycles. The Labute approximate surface area is 329 Å². The van der Waals surface area contributed by atoms with Crippen LogP contribution in [0.15, 0.2) is 200 Å². The fourth-order valence-electron chi connectivity index (χ4n) is 7.87. The van der Waals surface area contributed by atoms with E-state index in [1.807, 2.05) is 108 Å². The summed E-state index contributed by atoms with van der Waals surface area (Å²) < 4.78 is 40.3. The van der Waals surface area contributed by atoms with Crippen molar-refractivity contribution in [1.82, 2.24) is 24.1 Å². The molecule has 0 amide bonds. The summed E-state index contributed by atoms with van der Waals surface area (Å²) in [4.78, 5) is 15.1. The number of rotatable bonds is 6. The van der Waals surface area contributed by atoms with Gasteiger partial charge in [-0.1, -0.05) is 158 Å². The standard InChI is InChI=1S/C51H33N5/c1-5-17-34(18-6-1)38-29-39(35-19-7-2-8-20-35)31-40(30-38)55-45-27-15-13-25-41(45)43-33-48-44(32-47(43)55)42-26-14-16-28-46(42)56(48)51-53-49(36-21-9-3-10-22-36)52-50(54-51)37-23-11-4-12-24-37/h1-33H/i13D,14D,27D,28D. The molecule has 0 saturated carbocycles. The Morgan fingerprint density at radius 1 is 0.339 bits per heavy atom. The molecule has 0 saturated heterocycles. The molecular weight excluding hydrogens is 683 g/mol. The minimum absolute atomic E-state index is 0.166. The number of nitrogens with zero attached hydrogens (tertiary/aromatic N) is 5. The molecule has 0 spiro atoms. The van der Waals surface area contributed by atoms with E-state index >= 15 is 0 Å². The van der Waals surface area contributed by atoms with E-state index in [-0.39, 0.29) is 24.2 Å². The highest BCUT2D eigenvalue weighted by molar-refractivity contribution is 6.19. The fourth-order valence-corrected chi connectivity index (χ4v) is 7.87. The number of hydrogen-bond acceptors (Lipinski definition) is 3. The second kappa shape index (κ2) is 13.0. The molecule has 0 aliphatic rings. The Morgan fingerprint density at radius 3 is 1.25 bits per heavy atom. The van der Waals surface area contributed by atoms with Crippen LogP contribution < -0.4 is 0 Å². The van der Waals surface area contributed by atoms with Gasteiger partial charge < -0.3 is 4.57 Å². The summed E-state index contributed by atoms with van der Waals surface area (Å²) >= 11 is 0. The van der Waals surface area contributed by atoms with Gasteiger partial charge in [0.25, 0.3) is 0 Å². The van der Waals surface area contributed by atoms with Gasteiger partial charge in [-0.2, -0.15) is 9.97 Å². The van der Waals surface area contributed by atoms with E-state index in [1.165, 1.54) is 0 Å². The average molecular weight is 720 g/mol. The van der Waals surface area contributed by atoms with Gasteiger partial charge in [0.2, 0.25) is 5.95 Å². The molecule has 262 valence electrons. The first-order valence-electron chi connectivity index (χ1n) is 20.5. The van der Waals surface area contributed by atoms with Crippen LogP contribution in [0.3, 0.4) is 0 Å². The lowest BCUT2D eigenvalue weighted by Gasteiger charge is -2.14. The Morgan fingerprint density at radius 2 is 0.768 bits per heavy atom. The normalized spacial score (nSPS) is 12.6. The summed E-state index contributed by atoms with van der Waals surface area (Å²) in [5.41, 5.74) is 9.48. The van der Waals surface area contributed by atoms with Gasteiger partial charge in [-0.25, -0.2) is 4.98 Å². The van der Waals surface area contributed by atoms with Crippen LogP contribution in [0.2, 0.25) is 0 Å². The third-order valence-electron chi connectivity index (χ3n) is 10.5. The summed E-state index contributed by atoms with van der Waals surface area (Å²) in [6, 6.07) is 58.4. The monoisotopic (exact) mass is 719 g/mol. The van der Waals surface area contributed by atoms with E-state index in [1.54, 1.807) is 18.2 Å². The van der Waals surface area contributed by atoms with Crippen molar-refractivity contribution in [2.45, 2.75) is 0 Å². The number of hydrogen-bond donors (Lipinski definition) is 0. The third kappa shape index (κ3) is 5.29. The number of fused-ring (bicyclic) bond motifs is 6. The molecule has 0 bridgehead atoms. The predicted molar refractivity (Wildman–Crippen MR) is 230 cm³/mol. The third-order valence-corrected chi connectivity index (χ3v) is 10.5.